The molecule has 2 heteroatoms. The first kappa shape index (κ1) is 25.4. The number of hydrogen-bond acceptors (Lipinski definition) is 0. The molecule has 0 saturated heterocycles. The lowest BCUT2D eigenvalue weighted by molar-refractivity contribution is 0.698. The minimum absolute atomic E-state index is 1.06. The van der Waals surface area contributed by atoms with E-state index in [-0.39, 0.29) is 0 Å². The predicted molar refractivity (Wildman–Crippen MR) is 187 cm³/mol. The SMILES string of the molecule is C1=C(C2=CC=C(n3c4ccccc4c4c5c6ccccc6n(-c6ccc(-c7ccccc7)cc6)c5ccc43)CC2)CCCC1. The van der Waals surface area contributed by atoms with Crippen molar-refractivity contribution in [3.8, 4) is 16.8 Å². The number of fused-ring (bicyclic) bond motifs is 7. The number of hydrogen-bond donors (Lipinski definition) is 0. The molecule has 2 nitrogen and oxygen atoms in total. The van der Waals surface area contributed by atoms with Gasteiger partial charge in [0, 0.05) is 32.9 Å². The molecule has 0 atom stereocenters. The molecule has 9 rings (SSSR count). The van der Waals surface area contributed by atoms with Gasteiger partial charge in [0.2, 0.25) is 0 Å². The van der Waals surface area contributed by atoms with E-state index in [9.17, 15) is 0 Å². The standard InChI is InChI=1S/C42H34N2/c1-3-11-29(12-4-1)31-19-23-33(24-20-31)43-37-17-9-7-15-35(37)41-39(43)27-28-40-42(41)36-16-8-10-18-38(36)44(40)34-25-21-32(22-26-34)30-13-5-2-6-14-30/h1,3-4,7-13,15-21,23-25,27-28H,2,5-6,14,22,26H2. The molecule has 44 heavy (non-hydrogen) atoms. The van der Waals surface area contributed by atoms with Crippen LogP contribution >= 0.6 is 0 Å². The van der Waals surface area contributed by atoms with E-state index in [2.05, 4.69) is 143 Å². The zero-order valence-electron chi connectivity index (χ0n) is 24.8. The fourth-order valence-electron chi connectivity index (χ4n) is 7.75. The third kappa shape index (κ3) is 3.94. The lowest BCUT2D eigenvalue weighted by Crippen LogP contribution is -2.04. The maximum Gasteiger partial charge on any atom is 0.0548 e. The molecule has 2 heterocycles. The van der Waals surface area contributed by atoms with Gasteiger partial charge in [-0.25, -0.2) is 0 Å². The average molecular weight is 567 g/mol. The molecule has 0 bridgehead atoms. The number of aromatic nitrogens is 2. The van der Waals surface area contributed by atoms with Crippen LogP contribution in [0.25, 0.3) is 66.1 Å². The monoisotopic (exact) mass is 566 g/mol. The van der Waals surface area contributed by atoms with E-state index in [1.807, 2.05) is 0 Å². The van der Waals surface area contributed by atoms with Crippen molar-refractivity contribution in [2.75, 3.05) is 0 Å². The van der Waals surface area contributed by atoms with E-state index >= 15 is 0 Å². The first-order valence-electron chi connectivity index (χ1n) is 16.1. The molecule has 0 amide bonds. The molecule has 2 aliphatic rings. The minimum Gasteiger partial charge on any atom is -0.313 e. The molecule has 0 aliphatic heterocycles. The van der Waals surface area contributed by atoms with Crippen molar-refractivity contribution in [3.05, 3.63) is 145 Å². The molecule has 2 aromatic heterocycles. The summed E-state index contributed by atoms with van der Waals surface area (Å²) in [5.74, 6) is 0. The van der Waals surface area contributed by atoms with Crippen molar-refractivity contribution in [2.24, 2.45) is 0 Å². The lowest BCUT2D eigenvalue weighted by Gasteiger charge is -2.21. The Hall–Kier alpha value is -5.08. The highest BCUT2D eigenvalue weighted by molar-refractivity contribution is 6.29. The number of allylic oxidation sites excluding steroid dienone is 6. The van der Waals surface area contributed by atoms with E-state index in [1.165, 1.54) is 97.4 Å². The minimum atomic E-state index is 1.06. The second kappa shape index (κ2) is 10.3. The van der Waals surface area contributed by atoms with Crippen molar-refractivity contribution in [1.29, 1.82) is 0 Å². The van der Waals surface area contributed by atoms with Crippen LogP contribution in [-0.4, -0.2) is 9.13 Å². The molecule has 0 spiro atoms. The largest absolute Gasteiger partial charge is 0.313 e. The van der Waals surface area contributed by atoms with E-state index in [4.69, 9.17) is 0 Å². The van der Waals surface area contributed by atoms with Crippen molar-refractivity contribution in [3.63, 3.8) is 0 Å². The third-order valence-corrected chi connectivity index (χ3v) is 9.82. The van der Waals surface area contributed by atoms with Gasteiger partial charge in [-0.15, -0.1) is 0 Å². The fourth-order valence-corrected chi connectivity index (χ4v) is 7.75. The van der Waals surface area contributed by atoms with Crippen molar-refractivity contribution >= 4 is 49.3 Å². The van der Waals surface area contributed by atoms with Gasteiger partial charge in [-0.1, -0.05) is 91.0 Å². The molecule has 0 fully saturated rings. The van der Waals surface area contributed by atoms with Gasteiger partial charge in [0.1, 0.15) is 0 Å². The van der Waals surface area contributed by atoms with Gasteiger partial charge in [-0.2, -0.15) is 0 Å². The summed E-state index contributed by atoms with van der Waals surface area (Å²) in [5, 5.41) is 5.30. The number of benzene rings is 5. The Balaban J connectivity index is 1.26. The molecule has 0 unspecified atom stereocenters. The van der Waals surface area contributed by atoms with Crippen LogP contribution in [0, 0.1) is 0 Å². The summed E-state index contributed by atoms with van der Waals surface area (Å²) in [6, 6.07) is 42.2. The molecule has 0 saturated carbocycles. The highest BCUT2D eigenvalue weighted by Crippen LogP contribution is 2.43. The molecular weight excluding hydrogens is 532 g/mol. The molecule has 2 aliphatic carbocycles. The summed E-state index contributed by atoms with van der Waals surface area (Å²) < 4.78 is 4.98. The maximum absolute atomic E-state index is 2.54. The van der Waals surface area contributed by atoms with Gasteiger partial charge < -0.3 is 9.13 Å². The van der Waals surface area contributed by atoms with Crippen LogP contribution < -0.4 is 0 Å². The van der Waals surface area contributed by atoms with Crippen LogP contribution in [0.3, 0.4) is 0 Å². The summed E-state index contributed by atoms with van der Waals surface area (Å²) in [6.45, 7) is 0. The Labute approximate surface area is 257 Å². The van der Waals surface area contributed by atoms with Crippen molar-refractivity contribution < 1.29 is 0 Å². The quantitative estimate of drug-likeness (QED) is 0.201. The Morgan fingerprint density at radius 3 is 1.73 bits per heavy atom. The Morgan fingerprint density at radius 2 is 1.07 bits per heavy atom. The first-order valence-corrected chi connectivity index (χ1v) is 16.1. The zero-order valence-corrected chi connectivity index (χ0v) is 24.8. The summed E-state index contributed by atoms with van der Waals surface area (Å²) in [4.78, 5) is 0. The van der Waals surface area contributed by atoms with Crippen LogP contribution in [0.2, 0.25) is 0 Å². The smallest absolute Gasteiger partial charge is 0.0548 e. The van der Waals surface area contributed by atoms with E-state index in [0.29, 0.717) is 0 Å². The average Bonchev–Trinajstić information content (AvgIpc) is 3.62. The van der Waals surface area contributed by atoms with Gasteiger partial charge in [0.05, 0.1) is 22.1 Å². The topological polar surface area (TPSA) is 9.86 Å². The number of rotatable bonds is 4. The van der Waals surface area contributed by atoms with Gasteiger partial charge in [-0.05, 0) is 103 Å². The molecular formula is C42H34N2. The van der Waals surface area contributed by atoms with Crippen LogP contribution in [-0.2, 0) is 0 Å². The van der Waals surface area contributed by atoms with Crippen LogP contribution in [0.4, 0.5) is 0 Å². The van der Waals surface area contributed by atoms with Crippen molar-refractivity contribution in [2.45, 2.75) is 38.5 Å². The Bertz CT molecular complexity index is 2300. The van der Waals surface area contributed by atoms with Crippen molar-refractivity contribution in [1.82, 2.24) is 9.13 Å². The first-order chi connectivity index (χ1) is 21.8. The Kier molecular flexibility index (Phi) is 5.94. The van der Waals surface area contributed by atoms with Gasteiger partial charge in [0.25, 0.3) is 0 Å². The zero-order chi connectivity index (χ0) is 29.0. The van der Waals surface area contributed by atoms with Crippen LogP contribution in [0.5, 0.6) is 0 Å². The van der Waals surface area contributed by atoms with E-state index in [1.54, 1.807) is 5.57 Å². The maximum atomic E-state index is 2.54. The highest BCUT2D eigenvalue weighted by atomic mass is 15.0. The highest BCUT2D eigenvalue weighted by Gasteiger charge is 2.22. The molecule has 0 radical (unpaired) electrons. The molecule has 0 N–H and O–H groups in total. The fraction of sp³-hybridized carbons (Fsp3) is 0.143. The second-order valence-corrected chi connectivity index (χ2v) is 12.3. The summed E-state index contributed by atoms with van der Waals surface area (Å²) in [7, 11) is 0. The van der Waals surface area contributed by atoms with Gasteiger partial charge in [-0.3, -0.25) is 0 Å². The second-order valence-electron chi connectivity index (χ2n) is 12.3. The molecule has 7 aromatic rings. The number of nitrogens with zero attached hydrogens (tertiary/aromatic N) is 2. The van der Waals surface area contributed by atoms with Crippen LogP contribution in [0.1, 0.15) is 38.5 Å². The number of para-hydroxylation sites is 2. The summed E-state index contributed by atoms with van der Waals surface area (Å²) in [5.41, 5.74) is 13.2. The summed E-state index contributed by atoms with van der Waals surface area (Å²) >= 11 is 0. The Morgan fingerprint density at radius 1 is 0.432 bits per heavy atom. The third-order valence-electron chi connectivity index (χ3n) is 9.82. The van der Waals surface area contributed by atoms with Gasteiger partial charge >= 0.3 is 0 Å². The predicted octanol–water partition coefficient (Wildman–Crippen LogP) is 11.6. The molecule has 212 valence electrons. The van der Waals surface area contributed by atoms with E-state index in [0.717, 1.165) is 12.8 Å². The molecule has 5 aromatic carbocycles. The lowest BCUT2D eigenvalue weighted by atomic mass is 9.88. The van der Waals surface area contributed by atoms with Gasteiger partial charge in [0.15, 0.2) is 0 Å². The normalized spacial score (nSPS) is 15.6. The van der Waals surface area contributed by atoms with E-state index < -0.39 is 0 Å². The van der Waals surface area contributed by atoms with Crippen LogP contribution in [0.15, 0.2) is 145 Å². The summed E-state index contributed by atoms with van der Waals surface area (Å²) in [6.07, 6.45) is 14.6.